The number of halogens is 1. The molecule has 0 aromatic heterocycles. The summed E-state index contributed by atoms with van der Waals surface area (Å²) in [5, 5.41) is 3.22. The highest BCUT2D eigenvalue weighted by Crippen LogP contribution is 2.27. The van der Waals surface area contributed by atoms with Crippen molar-refractivity contribution in [2.45, 2.75) is 38.3 Å². The number of hydrogen-bond donors (Lipinski definition) is 1. The van der Waals surface area contributed by atoms with Crippen molar-refractivity contribution in [1.29, 1.82) is 0 Å². The first-order valence-corrected chi connectivity index (χ1v) is 13.9. The zero-order chi connectivity index (χ0) is 27.9. The van der Waals surface area contributed by atoms with Gasteiger partial charge in [-0.3, -0.25) is 13.9 Å². The van der Waals surface area contributed by atoms with Crippen LogP contribution in [0.5, 0.6) is 5.75 Å². The van der Waals surface area contributed by atoms with Gasteiger partial charge in [0.25, 0.3) is 10.0 Å². The Morgan fingerprint density at radius 3 is 2.26 bits per heavy atom. The van der Waals surface area contributed by atoms with Crippen LogP contribution in [0.15, 0.2) is 77.7 Å². The van der Waals surface area contributed by atoms with Crippen molar-refractivity contribution in [2.75, 3.05) is 24.5 Å². The molecule has 202 valence electrons. The number of ether oxygens (including phenoxy) is 1. The number of carbonyl (C=O) groups excluding carboxylic acids is 2. The number of hydrogen-bond acceptors (Lipinski definition) is 5. The van der Waals surface area contributed by atoms with Gasteiger partial charge in [-0.05, 0) is 74.9 Å². The third kappa shape index (κ3) is 7.05. The van der Waals surface area contributed by atoms with Crippen LogP contribution in [0.25, 0.3) is 0 Å². The number of sulfonamides is 1. The average molecular weight is 558 g/mol. The maximum atomic E-state index is 13.8. The standard InChI is InChI=1S/C28H32ClN3O5S/c1-5-30-28(34)21(3)31(18-22-7-6-8-23(29)17-22)27(33)19-32(24-11-13-25(37-4)14-12-24)38(35,36)26-15-9-20(2)10-16-26/h6-17,21H,5,18-19H2,1-4H3,(H,30,34). The fourth-order valence-electron chi connectivity index (χ4n) is 3.85. The van der Waals surface area contributed by atoms with E-state index >= 15 is 0 Å². The Hall–Kier alpha value is -3.56. The molecule has 2 amide bonds. The number of amides is 2. The highest BCUT2D eigenvalue weighted by atomic mass is 35.5. The highest BCUT2D eigenvalue weighted by Gasteiger charge is 2.32. The Balaban J connectivity index is 2.03. The molecular weight excluding hydrogens is 526 g/mol. The number of anilines is 1. The molecule has 0 radical (unpaired) electrons. The van der Waals surface area contributed by atoms with E-state index in [2.05, 4.69) is 5.32 Å². The van der Waals surface area contributed by atoms with Crippen LogP contribution in [0.2, 0.25) is 5.02 Å². The topological polar surface area (TPSA) is 96.0 Å². The number of nitrogens with zero attached hydrogens (tertiary/aromatic N) is 2. The number of nitrogens with one attached hydrogen (secondary N) is 1. The quantitative estimate of drug-likeness (QED) is 0.377. The first kappa shape index (κ1) is 29.0. The van der Waals surface area contributed by atoms with Gasteiger partial charge in [-0.1, -0.05) is 41.4 Å². The molecule has 10 heteroatoms. The summed E-state index contributed by atoms with van der Waals surface area (Å²) >= 11 is 6.15. The Labute approximate surface area is 229 Å². The second kappa shape index (κ2) is 12.8. The van der Waals surface area contributed by atoms with Gasteiger partial charge in [0.15, 0.2) is 0 Å². The Morgan fingerprint density at radius 2 is 1.68 bits per heavy atom. The van der Waals surface area contributed by atoms with Crippen LogP contribution in [0.1, 0.15) is 25.0 Å². The van der Waals surface area contributed by atoms with Crippen LogP contribution >= 0.6 is 11.6 Å². The first-order chi connectivity index (χ1) is 18.1. The molecule has 8 nitrogen and oxygen atoms in total. The fraction of sp³-hybridized carbons (Fsp3) is 0.286. The Bertz CT molecular complexity index is 1360. The molecule has 3 aromatic carbocycles. The summed E-state index contributed by atoms with van der Waals surface area (Å²) < 4.78 is 33.8. The lowest BCUT2D eigenvalue weighted by atomic mass is 10.1. The number of aryl methyl sites for hydroxylation is 1. The van der Waals surface area contributed by atoms with Gasteiger partial charge in [-0.2, -0.15) is 0 Å². The Kier molecular flexibility index (Phi) is 9.77. The van der Waals surface area contributed by atoms with Crippen molar-refractivity contribution in [3.8, 4) is 5.75 Å². The average Bonchev–Trinajstić information content (AvgIpc) is 2.90. The molecule has 0 heterocycles. The molecule has 0 bridgehead atoms. The van der Waals surface area contributed by atoms with E-state index in [1.165, 1.54) is 24.1 Å². The van der Waals surface area contributed by atoms with Crippen molar-refractivity contribution in [1.82, 2.24) is 10.2 Å². The van der Waals surface area contributed by atoms with Crippen LogP contribution < -0.4 is 14.4 Å². The minimum Gasteiger partial charge on any atom is -0.497 e. The summed E-state index contributed by atoms with van der Waals surface area (Å²) in [6.45, 7) is 5.19. The molecule has 1 N–H and O–H groups in total. The number of benzene rings is 3. The number of rotatable bonds is 11. The molecule has 3 rings (SSSR count). The van der Waals surface area contributed by atoms with Gasteiger partial charge in [-0.15, -0.1) is 0 Å². The summed E-state index contributed by atoms with van der Waals surface area (Å²) in [5.41, 5.74) is 1.90. The van der Waals surface area contributed by atoms with Crippen LogP contribution in [0.3, 0.4) is 0 Å². The summed E-state index contributed by atoms with van der Waals surface area (Å²) in [6, 6.07) is 18.9. The number of likely N-dealkylation sites (N-methyl/N-ethyl adjacent to an activating group) is 1. The molecule has 1 unspecified atom stereocenters. The lowest BCUT2D eigenvalue weighted by Crippen LogP contribution is -2.51. The molecule has 0 aliphatic rings. The predicted octanol–water partition coefficient (Wildman–Crippen LogP) is 4.41. The van der Waals surface area contributed by atoms with Gasteiger partial charge in [0.1, 0.15) is 18.3 Å². The van der Waals surface area contributed by atoms with E-state index in [1.54, 1.807) is 74.5 Å². The molecular formula is C28H32ClN3O5S. The van der Waals surface area contributed by atoms with Crippen LogP contribution in [0, 0.1) is 6.92 Å². The van der Waals surface area contributed by atoms with E-state index in [1.807, 2.05) is 6.92 Å². The molecule has 3 aromatic rings. The van der Waals surface area contributed by atoms with Gasteiger partial charge in [0, 0.05) is 18.1 Å². The van der Waals surface area contributed by atoms with E-state index in [0.717, 1.165) is 9.87 Å². The van der Waals surface area contributed by atoms with Crippen molar-refractivity contribution < 1.29 is 22.7 Å². The zero-order valence-electron chi connectivity index (χ0n) is 21.8. The lowest BCUT2D eigenvalue weighted by molar-refractivity contribution is -0.139. The minimum absolute atomic E-state index is 0.0462. The monoisotopic (exact) mass is 557 g/mol. The van der Waals surface area contributed by atoms with E-state index < -0.39 is 28.5 Å². The summed E-state index contributed by atoms with van der Waals surface area (Å²) in [4.78, 5) is 28.0. The fourth-order valence-corrected chi connectivity index (χ4v) is 5.48. The maximum Gasteiger partial charge on any atom is 0.264 e. The van der Waals surface area contributed by atoms with Gasteiger partial charge in [-0.25, -0.2) is 8.42 Å². The van der Waals surface area contributed by atoms with Crippen LogP contribution in [-0.2, 0) is 26.2 Å². The third-order valence-corrected chi connectivity index (χ3v) is 8.03. The number of carbonyl (C=O) groups is 2. The van der Waals surface area contributed by atoms with Crippen molar-refractivity contribution in [3.63, 3.8) is 0 Å². The van der Waals surface area contributed by atoms with Gasteiger partial charge in [0.2, 0.25) is 11.8 Å². The normalized spacial score (nSPS) is 11.9. The predicted molar refractivity (Wildman–Crippen MR) is 149 cm³/mol. The summed E-state index contributed by atoms with van der Waals surface area (Å²) in [6.07, 6.45) is 0. The van der Waals surface area contributed by atoms with E-state index in [9.17, 15) is 18.0 Å². The lowest BCUT2D eigenvalue weighted by Gasteiger charge is -2.32. The second-order valence-electron chi connectivity index (χ2n) is 8.74. The molecule has 0 fully saturated rings. The minimum atomic E-state index is -4.13. The molecule has 1 atom stereocenters. The summed E-state index contributed by atoms with van der Waals surface area (Å²) in [5.74, 6) is -0.351. The van der Waals surface area contributed by atoms with Gasteiger partial charge < -0.3 is 15.0 Å². The van der Waals surface area contributed by atoms with E-state index in [4.69, 9.17) is 16.3 Å². The first-order valence-electron chi connectivity index (χ1n) is 12.1. The summed E-state index contributed by atoms with van der Waals surface area (Å²) in [7, 11) is -2.62. The molecule has 0 aliphatic heterocycles. The zero-order valence-corrected chi connectivity index (χ0v) is 23.4. The van der Waals surface area contributed by atoms with Crippen molar-refractivity contribution in [3.05, 3.63) is 88.9 Å². The van der Waals surface area contributed by atoms with E-state index in [-0.39, 0.29) is 23.0 Å². The van der Waals surface area contributed by atoms with E-state index in [0.29, 0.717) is 22.9 Å². The molecule has 0 aliphatic carbocycles. The second-order valence-corrected chi connectivity index (χ2v) is 11.0. The largest absolute Gasteiger partial charge is 0.497 e. The SMILES string of the molecule is CCNC(=O)C(C)N(Cc1cccc(Cl)c1)C(=O)CN(c1ccc(OC)cc1)S(=O)(=O)c1ccc(C)cc1. The third-order valence-electron chi connectivity index (χ3n) is 6.01. The highest BCUT2D eigenvalue weighted by molar-refractivity contribution is 7.92. The smallest absolute Gasteiger partial charge is 0.264 e. The van der Waals surface area contributed by atoms with Crippen LogP contribution in [-0.4, -0.2) is 51.4 Å². The van der Waals surface area contributed by atoms with Crippen molar-refractivity contribution in [2.24, 2.45) is 0 Å². The maximum absolute atomic E-state index is 13.8. The molecule has 0 saturated carbocycles. The molecule has 0 saturated heterocycles. The number of methoxy groups -OCH3 is 1. The van der Waals surface area contributed by atoms with Gasteiger partial charge in [0.05, 0.1) is 17.7 Å². The molecule has 0 spiro atoms. The van der Waals surface area contributed by atoms with Crippen molar-refractivity contribution >= 4 is 39.1 Å². The van der Waals surface area contributed by atoms with Gasteiger partial charge >= 0.3 is 0 Å². The Morgan fingerprint density at radius 1 is 1.03 bits per heavy atom. The van der Waals surface area contributed by atoms with Crippen LogP contribution in [0.4, 0.5) is 5.69 Å². The molecule has 38 heavy (non-hydrogen) atoms.